The van der Waals surface area contributed by atoms with Crippen LogP contribution in [0.4, 0.5) is 25.0 Å². The number of aromatic nitrogens is 1. The van der Waals surface area contributed by atoms with Crippen molar-refractivity contribution in [3.63, 3.8) is 0 Å². The average molecular weight is 617 g/mol. The summed E-state index contributed by atoms with van der Waals surface area (Å²) in [5.74, 6) is 0. The Morgan fingerprint density at radius 1 is 1.03 bits per heavy atom. The third kappa shape index (κ3) is 4.71. The first-order chi connectivity index (χ1) is 13.9. The van der Waals surface area contributed by atoms with Gasteiger partial charge in [-0.1, -0.05) is 12.1 Å². The summed E-state index contributed by atoms with van der Waals surface area (Å²) in [4.78, 5) is 16.6. The number of halogens is 4. The Morgan fingerprint density at radius 3 is 2.55 bits per heavy atom. The number of nitrogens with one attached hydrogen (secondary N) is 2. The van der Waals surface area contributed by atoms with Gasteiger partial charge in [-0.25, -0.2) is 0 Å². The predicted molar refractivity (Wildman–Crippen MR) is 113 cm³/mol. The summed E-state index contributed by atoms with van der Waals surface area (Å²) in [7, 11) is 0. The summed E-state index contributed by atoms with van der Waals surface area (Å²) in [6.45, 7) is 0. The molecule has 2 amide bonds. The molecule has 0 fully saturated rings. The van der Waals surface area contributed by atoms with Crippen LogP contribution in [0.3, 0.4) is 0 Å². The van der Waals surface area contributed by atoms with E-state index in [9.17, 15) is 13.6 Å². The van der Waals surface area contributed by atoms with Gasteiger partial charge in [0.15, 0.2) is 0 Å². The smallest absolute Gasteiger partial charge is 0.189 e. The first kappa shape index (κ1) is 20.1. The zero-order valence-corrected chi connectivity index (χ0v) is 19.0. The maximum atomic E-state index is 13.4. The van der Waals surface area contributed by atoms with Crippen molar-refractivity contribution in [3.05, 3.63) is 75.6 Å². The second-order valence-electron chi connectivity index (χ2n) is 6.11. The zero-order chi connectivity index (χ0) is 20.4. The molecule has 2 N–H and O–H groups in total. The second kappa shape index (κ2) is 8.30. The Bertz CT molecular complexity index is 1100. The van der Waals surface area contributed by atoms with Crippen LogP contribution in [0.15, 0.2) is 64.0 Å². The second-order valence-corrected chi connectivity index (χ2v) is 9.53. The Hall–Kier alpha value is -2.15. The number of benzene rings is 2. The number of pyridine rings is 1. The van der Waals surface area contributed by atoms with Crippen LogP contribution in [0.25, 0.3) is 11.1 Å². The van der Waals surface area contributed by atoms with Crippen LogP contribution >= 0.6 is 22.6 Å². The molecule has 148 valence electrons. The van der Waals surface area contributed by atoms with E-state index in [0.717, 1.165) is 43.0 Å². The first-order valence-electron chi connectivity index (χ1n) is 8.42. The van der Waals surface area contributed by atoms with E-state index in [4.69, 9.17) is 0 Å². The fraction of sp³-hybridized carbons (Fsp3) is 0.0500. The van der Waals surface area contributed by atoms with Crippen molar-refractivity contribution in [1.29, 1.82) is 0 Å². The third-order valence-corrected chi connectivity index (χ3v) is 6.65. The predicted octanol–water partition coefficient (Wildman–Crippen LogP) is 2.48. The molecule has 9 heteroatoms. The number of hydrogen-bond acceptors (Lipinski definition) is 3. The van der Waals surface area contributed by atoms with Crippen molar-refractivity contribution < 1.29 is 35.1 Å². The molecule has 29 heavy (non-hydrogen) atoms. The van der Waals surface area contributed by atoms with Gasteiger partial charge in [0.1, 0.15) is 0 Å². The van der Waals surface area contributed by atoms with Gasteiger partial charge >= 0.3 is 142 Å². The number of hydrogen-bond donors (Lipinski definition) is 2. The Balaban J connectivity index is 1.45. The van der Waals surface area contributed by atoms with E-state index in [2.05, 4.69) is 18.8 Å². The number of carbonyl (C=O) groups is 1. The number of alkyl halides is 3. The molecule has 0 saturated carbocycles. The van der Waals surface area contributed by atoms with E-state index in [1.807, 2.05) is 24.4 Å². The topological polar surface area (TPSA) is 66.4 Å². The van der Waals surface area contributed by atoms with E-state index in [1.165, 1.54) is 18.2 Å². The van der Waals surface area contributed by atoms with Gasteiger partial charge < -0.3 is 0 Å². The zero-order valence-electron chi connectivity index (χ0n) is 14.7. The summed E-state index contributed by atoms with van der Waals surface area (Å²) in [5.41, 5.74) is 3.84. The van der Waals surface area contributed by atoms with Crippen molar-refractivity contribution in [2.75, 3.05) is 10.6 Å². The molecular weight excluding hydrogens is 604 g/mol. The third-order valence-electron chi connectivity index (χ3n) is 4.15. The number of amides is 2. The van der Waals surface area contributed by atoms with Gasteiger partial charge in [0, 0.05) is 28.2 Å². The van der Waals surface area contributed by atoms with Crippen LogP contribution in [-0.2, 0) is 3.93 Å². The van der Waals surface area contributed by atoms with Gasteiger partial charge in [-0.15, -0.1) is 0 Å². The summed E-state index contributed by atoms with van der Waals surface area (Å²) in [5, 5.41) is 5.28. The number of nitrogens with zero attached hydrogens (tertiary/aromatic N) is 2. The molecule has 4 rings (SSSR count). The molecule has 5 nitrogen and oxygen atoms in total. The minimum absolute atomic E-state index is 0.170. The Labute approximate surface area is 189 Å². The van der Waals surface area contributed by atoms with Crippen LogP contribution in [0.2, 0.25) is 0 Å². The molecule has 0 radical (unpaired) electrons. The summed E-state index contributed by atoms with van der Waals surface area (Å²) in [6, 6.07) is 14.4. The van der Waals surface area contributed by atoms with Crippen LogP contribution in [0.5, 0.6) is 0 Å². The number of urea groups is 1. The molecule has 0 atom stereocenters. The van der Waals surface area contributed by atoms with Crippen molar-refractivity contribution >= 4 is 46.2 Å². The molecule has 0 spiro atoms. The molecule has 0 unspecified atom stereocenters. The molecule has 1 aromatic heterocycles. The molecule has 2 aromatic carbocycles. The molecular formula is C20H13F2I2N4O-. The van der Waals surface area contributed by atoms with E-state index in [1.54, 1.807) is 24.4 Å². The normalized spacial score (nSPS) is 12.8. The molecule has 0 bridgehead atoms. The van der Waals surface area contributed by atoms with Crippen molar-refractivity contribution in [2.24, 2.45) is 3.21 Å². The van der Waals surface area contributed by atoms with E-state index in [0.29, 0.717) is 11.4 Å². The van der Waals surface area contributed by atoms with Crippen molar-refractivity contribution in [2.45, 2.75) is 3.93 Å². The van der Waals surface area contributed by atoms with Crippen LogP contribution in [0.1, 0.15) is 11.1 Å². The van der Waals surface area contributed by atoms with Crippen molar-refractivity contribution in [3.8, 4) is 11.1 Å². The Kier molecular flexibility index (Phi) is 5.76. The van der Waals surface area contributed by atoms with Gasteiger partial charge in [-0.05, 0) is 0 Å². The fourth-order valence-corrected chi connectivity index (χ4v) is 4.80. The quantitative estimate of drug-likeness (QED) is 0.269. The minimum Gasteiger partial charge on any atom is -0.189 e. The summed E-state index contributed by atoms with van der Waals surface area (Å²) >= 11 is 0.664. The van der Waals surface area contributed by atoms with Crippen LogP contribution < -0.4 is 32.1 Å². The monoisotopic (exact) mass is 617 g/mol. The fourth-order valence-electron chi connectivity index (χ4n) is 2.81. The summed E-state index contributed by atoms with van der Waals surface area (Å²) in [6.07, 6.45) is 3.66. The molecule has 1 aliphatic heterocycles. The molecule has 1 aliphatic rings. The van der Waals surface area contributed by atoms with E-state index >= 15 is 0 Å². The number of fused-ring (bicyclic) bond motifs is 1. The number of rotatable bonds is 4. The van der Waals surface area contributed by atoms with Crippen LogP contribution in [-0.4, -0.2) is 17.2 Å². The van der Waals surface area contributed by atoms with Gasteiger partial charge in [0.2, 0.25) is 0 Å². The van der Waals surface area contributed by atoms with E-state index in [-0.39, 0.29) is 5.56 Å². The molecule has 0 aliphatic carbocycles. The first-order valence-corrected chi connectivity index (χ1v) is 11.5. The standard InChI is InChI=1S/C20H13F2I2N4O/c21-20(22,23)13-2-1-3-15(10-13)28-19(29)27-14-6-4-12(5-7-14)16-8-9-25-18-17(16)11-26-24-18/h1-11H,(H2,27,28,29)/q-1. The van der Waals surface area contributed by atoms with E-state index < -0.39 is 31.4 Å². The maximum absolute atomic E-state index is 13.4. The van der Waals surface area contributed by atoms with Crippen LogP contribution in [0, 0.1) is 3.70 Å². The molecule has 2 heterocycles. The number of anilines is 2. The molecule has 3 aromatic rings. The Morgan fingerprint density at radius 2 is 1.79 bits per heavy atom. The van der Waals surface area contributed by atoms with Gasteiger partial charge in [-0.2, -0.15) is 8.78 Å². The van der Waals surface area contributed by atoms with Crippen molar-refractivity contribution in [1.82, 2.24) is 4.98 Å². The SMILES string of the molecule is O=C(Nc1ccc(-c2ccnc3c2C=N[I-]3)cc1)Nc1cccc(C(F)(F)I)c1. The van der Waals surface area contributed by atoms with Gasteiger partial charge in [-0.3, -0.25) is 0 Å². The average Bonchev–Trinajstić information content (AvgIpc) is 3.17. The van der Waals surface area contributed by atoms with Gasteiger partial charge in [0.05, 0.1) is 0 Å². The number of carbonyl (C=O) groups excluding carboxylic acids is 1. The summed E-state index contributed by atoms with van der Waals surface area (Å²) < 4.78 is 29.3. The minimum atomic E-state index is -3.00. The molecule has 0 saturated heterocycles. The van der Waals surface area contributed by atoms with Gasteiger partial charge in [0.25, 0.3) is 0 Å².